The normalized spacial score (nSPS) is 12.1. The van der Waals surface area contributed by atoms with Crippen molar-refractivity contribution in [2.45, 2.75) is 309 Å². The third-order valence-electron chi connectivity index (χ3n) is 12.5. The molecule has 0 aromatic rings. The van der Waals surface area contributed by atoms with Crippen molar-refractivity contribution < 1.29 is 28.6 Å². The molecule has 0 aliphatic rings. The Morgan fingerprint density at radius 2 is 0.556 bits per heavy atom. The van der Waals surface area contributed by atoms with Crippen molar-refractivity contribution in [1.29, 1.82) is 0 Å². The number of hydrogen-bond acceptors (Lipinski definition) is 6. The van der Waals surface area contributed by atoms with E-state index in [0.717, 1.165) is 70.6 Å². The number of esters is 3. The summed E-state index contributed by atoms with van der Waals surface area (Å²) in [6, 6.07) is 0. The molecule has 0 aromatic heterocycles. The lowest BCUT2D eigenvalue weighted by Gasteiger charge is -2.18. The molecule has 0 aliphatic heterocycles. The second-order valence-corrected chi connectivity index (χ2v) is 18.9. The predicted molar refractivity (Wildman–Crippen MR) is 270 cm³/mol. The Kier molecular flexibility index (Phi) is 50.8. The van der Waals surface area contributed by atoms with Gasteiger partial charge >= 0.3 is 17.9 Å². The van der Waals surface area contributed by atoms with Crippen LogP contribution in [0.15, 0.2) is 24.3 Å². The summed E-state index contributed by atoms with van der Waals surface area (Å²) in [4.78, 5) is 38.0. The van der Waals surface area contributed by atoms with Gasteiger partial charge in [-0.25, -0.2) is 0 Å². The molecule has 0 aliphatic carbocycles. The van der Waals surface area contributed by atoms with Crippen LogP contribution in [0.1, 0.15) is 303 Å². The van der Waals surface area contributed by atoms with Crippen LogP contribution in [0.25, 0.3) is 0 Å². The Morgan fingerprint density at radius 1 is 0.317 bits per heavy atom. The van der Waals surface area contributed by atoms with Crippen molar-refractivity contribution in [2.24, 2.45) is 0 Å². The molecule has 0 saturated carbocycles. The number of ether oxygens (including phenoxy) is 3. The minimum atomic E-state index is -0.779. The monoisotopic (exact) mass is 887 g/mol. The van der Waals surface area contributed by atoms with Gasteiger partial charge in [0.25, 0.3) is 0 Å². The fourth-order valence-electron chi connectivity index (χ4n) is 8.26. The molecule has 6 heteroatoms. The van der Waals surface area contributed by atoms with Crippen LogP contribution in [-0.4, -0.2) is 37.2 Å². The van der Waals surface area contributed by atoms with Gasteiger partial charge in [-0.1, -0.05) is 263 Å². The van der Waals surface area contributed by atoms with Gasteiger partial charge in [0.05, 0.1) is 0 Å². The highest BCUT2D eigenvalue weighted by Crippen LogP contribution is 2.16. The lowest BCUT2D eigenvalue weighted by Crippen LogP contribution is -2.30. The van der Waals surface area contributed by atoms with Crippen molar-refractivity contribution in [3.8, 4) is 0 Å². The van der Waals surface area contributed by atoms with E-state index in [4.69, 9.17) is 14.2 Å². The van der Waals surface area contributed by atoms with Crippen LogP contribution in [0.4, 0.5) is 0 Å². The molecule has 0 radical (unpaired) electrons. The number of carbonyl (C=O) groups excluding carboxylic acids is 3. The van der Waals surface area contributed by atoms with E-state index in [0.29, 0.717) is 19.3 Å². The van der Waals surface area contributed by atoms with E-state index < -0.39 is 6.10 Å². The average molecular weight is 887 g/mol. The van der Waals surface area contributed by atoms with E-state index >= 15 is 0 Å². The number of hydrogen-bond donors (Lipinski definition) is 0. The molecule has 0 fully saturated rings. The van der Waals surface area contributed by atoms with Gasteiger partial charge in [-0.15, -0.1) is 0 Å². The highest BCUT2D eigenvalue weighted by Gasteiger charge is 2.19. The molecule has 0 rings (SSSR count). The SMILES string of the molecule is CCCCCCCCC/C=C\C=C/CCCCCC(=O)OC(COC(=O)CCCCCCCCCCCCC)COC(=O)CCCCCCCCCCCCCCCCCCCC. The fraction of sp³-hybridized carbons (Fsp3) is 0.877. The summed E-state index contributed by atoms with van der Waals surface area (Å²) in [6.07, 6.45) is 60.2. The zero-order valence-corrected chi connectivity index (χ0v) is 42.4. The Balaban J connectivity index is 4.33. The molecule has 6 nitrogen and oxygen atoms in total. The predicted octanol–water partition coefficient (Wildman–Crippen LogP) is 18.3. The van der Waals surface area contributed by atoms with Crippen molar-refractivity contribution in [2.75, 3.05) is 13.2 Å². The summed E-state index contributed by atoms with van der Waals surface area (Å²) < 4.78 is 16.8. The lowest BCUT2D eigenvalue weighted by molar-refractivity contribution is -0.167. The summed E-state index contributed by atoms with van der Waals surface area (Å²) in [5.41, 5.74) is 0. The van der Waals surface area contributed by atoms with Crippen molar-refractivity contribution in [3.63, 3.8) is 0 Å². The highest BCUT2D eigenvalue weighted by molar-refractivity contribution is 5.71. The molecule has 0 spiro atoms. The van der Waals surface area contributed by atoms with E-state index in [1.807, 2.05) is 0 Å². The summed E-state index contributed by atoms with van der Waals surface area (Å²) in [5, 5.41) is 0. The molecular formula is C57H106O6. The third-order valence-corrected chi connectivity index (χ3v) is 12.5. The van der Waals surface area contributed by atoms with Gasteiger partial charge in [-0.05, 0) is 44.9 Å². The van der Waals surface area contributed by atoms with E-state index in [1.54, 1.807) is 0 Å². The van der Waals surface area contributed by atoms with Crippen LogP contribution in [0, 0.1) is 0 Å². The first kappa shape index (κ1) is 60.9. The highest BCUT2D eigenvalue weighted by atomic mass is 16.6. The van der Waals surface area contributed by atoms with Crippen molar-refractivity contribution >= 4 is 17.9 Å². The topological polar surface area (TPSA) is 78.9 Å². The molecule has 0 heterocycles. The second-order valence-electron chi connectivity index (χ2n) is 18.9. The molecule has 0 bridgehead atoms. The van der Waals surface area contributed by atoms with Gasteiger partial charge in [0.2, 0.25) is 0 Å². The molecule has 63 heavy (non-hydrogen) atoms. The van der Waals surface area contributed by atoms with Crippen LogP contribution in [-0.2, 0) is 28.6 Å². The van der Waals surface area contributed by atoms with Gasteiger partial charge in [0.15, 0.2) is 6.10 Å². The molecule has 1 atom stereocenters. The van der Waals surface area contributed by atoms with Gasteiger partial charge in [-0.3, -0.25) is 14.4 Å². The Labute approximate surface area is 392 Å². The van der Waals surface area contributed by atoms with Crippen LogP contribution < -0.4 is 0 Å². The summed E-state index contributed by atoms with van der Waals surface area (Å²) in [5.74, 6) is -0.886. The maximum atomic E-state index is 12.8. The second kappa shape index (κ2) is 52.5. The molecule has 1 unspecified atom stereocenters. The van der Waals surface area contributed by atoms with Crippen LogP contribution in [0.3, 0.4) is 0 Å². The van der Waals surface area contributed by atoms with Gasteiger partial charge in [-0.2, -0.15) is 0 Å². The number of unbranched alkanes of at least 4 members (excludes halogenated alkanes) is 37. The Morgan fingerprint density at radius 3 is 0.857 bits per heavy atom. The average Bonchev–Trinajstić information content (AvgIpc) is 3.28. The van der Waals surface area contributed by atoms with Gasteiger partial charge < -0.3 is 14.2 Å². The fourth-order valence-corrected chi connectivity index (χ4v) is 8.26. The van der Waals surface area contributed by atoms with E-state index in [2.05, 4.69) is 45.1 Å². The first-order valence-electron chi connectivity index (χ1n) is 27.9. The zero-order chi connectivity index (χ0) is 45.8. The summed E-state index contributed by atoms with van der Waals surface area (Å²) in [6.45, 7) is 6.65. The van der Waals surface area contributed by atoms with Crippen LogP contribution >= 0.6 is 0 Å². The largest absolute Gasteiger partial charge is 0.462 e. The van der Waals surface area contributed by atoms with Crippen LogP contribution in [0.2, 0.25) is 0 Å². The first-order chi connectivity index (χ1) is 31.0. The summed E-state index contributed by atoms with van der Waals surface area (Å²) >= 11 is 0. The quantitative estimate of drug-likeness (QED) is 0.0262. The minimum Gasteiger partial charge on any atom is -0.462 e. The van der Waals surface area contributed by atoms with Gasteiger partial charge in [0, 0.05) is 19.3 Å². The molecule has 370 valence electrons. The Hall–Kier alpha value is -2.11. The zero-order valence-electron chi connectivity index (χ0n) is 42.4. The number of allylic oxidation sites excluding steroid dienone is 4. The molecule has 0 N–H and O–H groups in total. The number of carbonyl (C=O) groups is 3. The summed E-state index contributed by atoms with van der Waals surface area (Å²) in [7, 11) is 0. The molecular weight excluding hydrogens is 781 g/mol. The van der Waals surface area contributed by atoms with E-state index in [1.165, 1.54) is 193 Å². The maximum absolute atomic E-state index is 12.8. The van der Waals surface area contributed by atoms with Crippen LogP contribution in [0.5, 0.6) is 0 Å². The molecule has 0 aromatic carbocycles. The lowest BCUT2D eigenvalue weighted by atomic mass is 10.0. The van der Waals surface area contributed by atoms with E-state index in [-0.39, 0.29) is 31.1 Å². The standard InChI is InChI=1S/C57H106O6/c1-4-7-10-13-16-19-22-24-26-28-29-31-32-35-38-41-44-47-50-56(59)62-53-54(52-61-55(58)49-46-43-40-37-34-21-18-15-12-9-6-3)63-57(60)51-48-45-42-39-36-33-30-27-25-23-20-17-14-11-8-5-2/h27,30,33,36,54H,4-26,28-29,31-32,34-35,37-53H2,1-3H3/b30-27-,36-33-. The first-order valence-corrected chi connectivity index (χ1v) is 27.9. The molecule has 0 saturated heterocycles. The Bertz CT molecular complexity index is 1020. The third kappa shape index (κ3) is 50.7. The van der Waals surface area contributed by atoms with Crippen molar-refractivity contribution in [3.05, 3.63) is 24.3 Å². The van der Waals surface area contributed by atoms with E-state index in [9.17, 15) is 14.4 Å². The number of rotatable bonds is 51. The minimum absolute atomic E-state index is 0.0768. The van der Waals surface area contributed by atoms with Gasteiger partial charge in [0.1, 0.15) is 13.2 Å². The maximum Gasteiger partial charge on any atom is 0.306 e. The smallest absolute Gasteiger partial charge is 0.306 e. The van der Waals surface area contributed by atoms with Crippen molar-refractivity contribution in [1.82, 2.24) is 0 Å². The molecule has 0 amide bonds.